The Morgan fingerprint density at radius 1 is 0.892 bits per heavy atom. The van der Waals surface area contributed by atoms with Crippen LogP contribution in [0.4, 0.5) is 11.4 Å². The average Bonchev–Trinajstić information content (AvgIpc) is 3.34. The predicted octanol–water partition coefficient (Wildman–Crippen LogP) is 6.96. The molecule has 186 valence electrons. The number of nitrogens with zero attached hydrogens (tertiary/aromatic N) is 3. The monoisotopic (exact) mass is 555 g/mol. The van der Waals surface area contributed by atoms with Crippen LogP contribution in [0.2, 0.25) is 0 Å². The van der Waals surface area contributed by atoms with Gasteiger partial charge in [-0.3, -0.25) is 9.69 Å². The molecule has 4 aromatic carbocycles. The number of halogens is 1. The number of benzene rings is 4. The molecule has 1 unspecified atom stereocenters. The molecule has 1 heterocycles. The molecule has 1 aliphatic rings. The van der Waals surface area contributed by atoms with Gasteiger partial charge in [0.1, 0.15) is 18.1 Å². The third kappa shape index (κ3) is 5.22. The maximum atomic E-state index is 12.9. The van der Waals surface area contributed by atoms with Crippen LogP contribution >= 0.6 is 15.9 Å². The van der Waals surface area contributed by atoms with Crippen LogP contribution < -0.4 is 19.4 Å². The number of hydrogen-bond donors (Lipinski definition) is 0. The number of para-hydroxylation sites is 1. The van der Waals surface area contributed by atoms with E-state index in [0.717, 1.165) is 32.7 Å². The molecule has 0 fully saturated rings. The summed E-state index contributed by atoms with van der Waals surface area (Å²) in [5.41, 5.74) is 3.60. The highest BCUT2D eigenvalue weighted by molar-refractivity contribution is 9.10. The summed E-state index contributed by atoms with van der Waals surface area (Å²) in [4.78, 5) is 14.9. The summed E-state index contributed by atoms with van der Waals surface area (Å²) in [6.07, 6.45) is -0.474. The van der Waals surface area contributed by atoms with Gasteiger partial charge in [0.25, 0.3) is 0 Å². The molecule has 6 nitrogen and oxygen atoms in total. The number of rotatable bonds is 8. The molecule has 0 amide bonds. The van der Waals surface area contributed by atoms with Crippen molar-refractivity contribution in [2.75, 3.05) is 17.0 Å². The average molecular weight is 556 g/mol. The number of hydrogen-bond acceptors (Lipinski definition) is 6. The van der Waals surface area contributed by atoms with Gasteiger partial charge in [-0.2, -0.15) is 0 Å². The Kier molecular flexibility index (Phi) is 7.23. The van der Waals surface area contributed by atoms with Crippen molar-refractivity contribution >= 4 is 38.9 Å². The molecule has 0 saturated carbocycles. The summed E-state index contributed by atoms with van der Waals surface area (Å²) >= 11 is 3.64. The number of Topliss-reactive ketones (excluding diaryl/α,β-unsaturated/α-hetero) is 1. The highest BCUT2D eigenvalue weighted by Gasteiger charge is 2.40. The first-order valence-electron chi connectivity index (χ1n) is 11.9. The molecule has 0 radical (unpaired) electrons. The number of ether oxygens (including phenoxy) is 2. The van der Waals surface area contributed by atoms with Gasteiger partial charge in [-0.25, -0.2) is 5.01 Å². The topological polar surface area (TPSA) is 54.4 Å². The molecule has 0 N–H and O–H groups in total. The Labute approximate surface area is 224 Å². The van der Waals surface area contributed by atoms with E-state index in [1.807, 2.05) is 113 Å². The molecular weight excluding hydrogens is 530 g/mol. The molecule has 0 aromatic heterocycles. The third-order valence-corrected chi connectivity index (χ3v) is 6.57. The smallest absolute Gasteiger partial charge is 0.198 e. The SMILES string of the molecule is COc1ccc(N2C(C(C)=O)=NN(c3ccccc3)C2c2cc(Br)ccc2OCc2ccccc2)cc1. The molecule has 1 aliphatic heterocycles. The van der Waals surface area contributed by atoms with Crippen molar-refractivity contribution in [1.82, 2.24) is 0 Å². The summed E-state index contributed by atoms with van der Waals surface area (Å²) in [5.74, 6) is 1.64. The molecule has 0 saturated heterocycles. The lowest BCUT2D eigenvalue weighted by Gasteiger charge is -2.33. The van der Waals surface area contributed by atoms with E-state index in [9.17, 15) is 4.79 Å². The normalized spacial score (nSPS) is 14.9. The quantitative estimate of drug-likeness (QED) is 0.235. The van der Waals surface area contributed by atoms with E-state index in [0.29, 0.717) is 18.2 Å². The molecule has 37 heavy (non-hydrogen) atoms. The fraction of sp³-hybridized carbons (Fsp3) is 0.133. The van der Waals surface area contributed by atoms with Gasteiger partial charge in [-0.1, -0.05) is 64.5 Å². The fourth-order valence-corrected chi connectivity index (χ4v) is 4.69. The van der Waals surface area contributed by atoms with E-state index in [4.69, 9.17) is 14.6 Å². The highest BCUT2D eigenvalue weighted by Crippen LogP contribution is 2.43. The van der Waals surface area contributed by atoms with Gasteiger partial charge in [0.15, 0.2) is 17.8 Å². The van der Waals surface area contributed by atoms with E-state index in [1.54, 1.807) is 7.11 Å². The number of anilines is 2. The highest BCUT2D eigenvalue weighted by atomic mass is 79.9. The fourth-order valence-electron chi connectivity index (χ4n) is 4.31. The maximum Gasteiger partial charge on any atom is 0.198 e. The first-order valence-corrected chi connectivity index (χ1v) is 12.7. The number of ketones is 1. The van der Waals surface area contributed by atoms with Crippen LogP contribution in [-0.2, 0) is 11.4 Å². The van der Waals surface area contributed by atoms with Gasteiger partial charge in [0.2, 0.25) is 0 Å². The lowest BCUT2D eigenvalue weighted by Crippen LogP contribution is -2.38. The van der Waals surface area contributed by atoms with E-state index < -0.39 is 6.17 Å². The van der Waals surface area contributed by atoms with Crippen LogP contribution in [0.3, 0.4) is 0 Å². The Hall–Kier alpha value is -4.10. The van der Waals surface area contributed by atoms with Crippen molar-refractivity contribution in [1.29, 1.82) is 0 Å². The zero-order valence-electron chi connectivity index (χ0n) is 20.5. The zero-order chi connectivity index (χ0) is 25.8. The molecule has 0 aliphatic carbocycles. The maximum absolute atomic E-state index is 12.9. The molecule has 0 spiro atoms. The second-order valence-electron chi connectivity index (χ2n) is 8.56. The standard InChI is InChI=1S/C30H26BrN3O3/c1-21(35)29-32-34(25-11-7-4-8-12-25)30(33(29)24-14-16-26(36-2)17-15-24)27-19-23(31)13-18-28(27)37-20-22-9-5-3-6-10-22/h3-19,30H,20H2,1-2H3. The Bertz CT molecular complexity index is 1410. The predicted molar refractivity (Wildman–Crippen MR) is 150 cm³/mol. The van der Waals surface area contributed by atoms with Gasteiger partial charge in [0, 0.05) is 22.6 Å². The van der Waals surface area contributed by atoms with E-state index >= 15 is 0 Å². The van der Waals surface area contributed by atoms with Gasteiger partial charge in [0.05, 0.1) is 12.8 Å². The minimum atomic E-state index is -0.474. The van der Waals surface area contributed by atoms with Crippen molar-refractivity contribution in [2.24, 2.45) is 5.10 Å². The number of hydrazone groups is 1. The lowest BCUT2D eigenvalue weighted by atomic mass is 10.1. The third-order valence-electron chi connectivity index (χ3n) is 6.08. The Morgan fingerprint density at radius 3 is 2.22 bits per heavy atom. The van der Waals surface area contributed by atoms with Crippen molar-refractivity contribution in [3.63, 3.8) is 0 Å². The number of carbonyl (C=O) groups excluding carboxylic acids is 1. The second-order valence-corrected chi connectivity index (χ2v) is 9.47. The molecule has 0 bridgehead atoms. The zero-order valence-corrected chi connectivity index (χ0v) is 22.1. The van der Waals surface area contributed by atoms with Crippen LogP contribution in [0.15, 0.2) is 113 Å². The number of methoxy groups -OCH3 is 1. The summed E-state index contributed by atoms with van der Waals surface area (Å²) in [6, 6.07) is 33.4. The molecular formula is C30H26BrN3O3. The summed E-state index contributed by atoms with van der Waals surface area (Å²) in [7, 11) is 1.63. The van der Waals surface area contributed by atoms with Crippen molar-refractivity contribution in [3.8, 4) is 11.5 Å². The lowest BCUT2D eigenvalue weighted by molar-refractivity contribution is -0.111. The number of amidine groups is 1. The minimum Gasteiger partial charge on any atom is -0.497 e. The van der Waals surface area contributed by atoms with Crippen molar-refractivity contribution < 1.29 is 14.3 Å². The summed E-state index contributed by atoms with van der Waals surface area (Å²) in [5, 5.41) is 6.70. The first kappa shape index (κ1) is 24.6. The molecule has 7 heteroatoms. The Morgan fingerprint density at radius 2 is 1.57 bits per heavy atom. The van der Waals surface area contributed by atoms with E-state index in [-0.39, 0.29) is 5.78 Å². The van der Waals surface area contributed by atoms with Crippen LogP contribution in [0, 0.1) is 0 Å². The van der Waals surface area contributed by atoms with Crippen molar-refractivity contribution in [3.05, 3.63) is 119 Å². The molecule has 5 rings (SSSR count). The van der Waals surface area contributed by atoms with Crippen LogP contribution in [0.1, 0.15) is 24.2 Å². The second kappa shape index (κ2) is 10.9. The summed E-state index contributed by atoms with van der Waals surface area (Å²) < 4.78 is 12.6. The van der Waals surface area contributed by atoms with Crippen LogP contribution in [0.5, 0.6) is 11.5 Å². The summed E-state index contributed by atoms with van der Waals surface area (Å²) in [6.45, 7) is 1.95. The molecule has 1 atom stereocenters. The van der Waals surface area contributed by atoms with Gasteiger partial charge >= 0.3 is 0 Å². The Balaban J connectivity index is 1.64. The van der Waals surface area contributed by atoms with Gasteiger partial charge < -0.3 is 9.47 Å². The van der Waals surface area contributed by atoms with Gasteiger partial charge in [-0.05, 0) is 60.2 Å². The van der Waals surface area contributed by atoms with E-state index in [2.05, 4.69) is 15.9 Å². The van der Waals surface area contributed by atoms with E-state index in [1.165, 1.54) is 6.92 Å². The molecule has 4 aromatic rings. The van der Waals surface area contributed by atoms with Crippen molar-refractivity contribution in [2.45, 2.75) is 19.7 Å². The van der Waals surface area contributed by atoms with Gasteiger partial charge in [-0.15, -0.1) is 5.10 Å². The largest absolute Gasteiger partial charge is 0.497 e. The minimum absolute atomic E-state index is 0.138. The first-order chi connectivity index (χ1) is 18.0. The van der Waals surface area contributed by atoms with Crippen LogP contribution in [0.25, 0.3) is 0 Å². The number of carbonyl (C=O) groups is 1. The van der Waals surface area contributed by atoms with Crippen LogP contribution in [-0.4, -0.2) is 18.7 Å².